The summed E-state index contributed by atoms with van der Waals surface area (Å²) < 4.78 is 3.03. The number of rotatable bonds is 2. The number of anilines is 1. The third-order valence-electron chi connectivity index (χ3n) is 4.24. The Hall–Kier alpha value is -3.22. The zero-order valence-corrected chi connectivity index (χ0v) is 13.1. The molecule has 4 rings (SSSR count). The predicted octanol–water partition coefficient (Wildman–Crippen LogP) is 1.17. The monoisotopic (exact) mass is 321 g/mol. The van der Waals surface area contributed by atoms with Gasteiger partial charge in [-0.05, 0) is 30.2 Å². The van der Waals surface area contributed by atoms with Gasteiger partial charge in [-0.25, -0.2) is 4.68 Å². The Morgan fingerprint density at radius 1 is 1.21 bits per heavy atom. The van der Waals surface area contributed by atoms with E-state index < -0.39 is 0 Å². The zero-order valence-electron chi connectivity index (χ0n) is 13.1. The summed E-state index contributed by atoms with van der Waals surface area (Å²) in [5, 5.41) is 7.58. The highest BCUT2D eigenvalue weighted by molar-refractivity contribution is 6.06. The van der Waals surface area contributed by atoms with Gasteiger partial charge in [0.2, 0.25) is 0 Å². The van der Waals surface area contributed by atoms with Gasteiger partial charge in [-0.1, -0.05) is 17.3 Å². The molecule has 0 unspecified atom stereocenters. The molecule has 3 aromatic rings. The average molecular weight is 321 g/mol. The minimum absolute atomic E-state index is 0.107. The van der Waals surface area contributed by atoms with Crippen molar-refractivity contribution in [3.05, 3.63) is 70.4 Å². The second-order valence-electron chi connectivity index (χ2n) is 5.67. The Kier molecular flexibility index (Phi) is 3.26. The van der Waals surface area contributed by atoms with Crippen molar-refractivity contribution in [1.82, 2.24) is 19.6 Å². The van der Waals surface area contributed by atoms with Crippen LogP contribution < -0.4 is 10.5 Å². The molecule has 1 aliphatic heterocycles. The van der Waals surface area contributed by atoms with Crippen molar-refractivity contribution in [2.45, 2.75) is 6.42 Å². The van der Waals surface area contributed by atoms with E-state index >= 15 is 0 Å². The molecule has 0 radical (unpaired) electrons. The number of benzene rings is 1. The molecule has 0 saturated carbocycles. The number of carbonyl (C=O) groups excluding carboxylic acids is 1. The summed E-state index contributed by atoms with van der Waals surface area (Å²) in [7, 11) is 1.69. The number of hydrogen-bond donors (Lipinski definition) is 0. The molecule has 0 saturated heterocycles. The molecule has 1 aromatic carbocycles. The maximum atomic E-state index is 12.8. The van der Waals surface area contributed by atoms with Crippen LogP contribution in [0.5, 0.6) is 0 Å². The third-order valence-corrected chi connectivity index (χ3v) is 4.24. The van der Waals surface area contributed by atoms with E-state index in [2.05, 4.69) is 10.3 Å². The maximum Gasteiger partial charge on any atom is 0.278 e. The maximum absolute atomic E-state index is 12.8. The molecule has 0 N–H and O–H groups in total. The first-order valence-electron chi connectivity index (χ1n) is 7.63. The molecule has 24 heavy (non-hydrogen) atoms. The van der Waals surface area contributed by atoms with Crippen molar-refractivity contribution >= 4 is 11.6 Å². The van der Waals surface area contributed by atoms with Gasteiger partial charge in [-0.2, -0.15) is 0 Å². The Balaban J connectivity index is 1.77. The lowest BCUT2D eigenvalue weighted by atomic mass is 10.1. The second-order valence-corrected chi connectivity index (χ2v) is 5.67. The van der Waals surface area contributed by atoms with Gasteiger partial charge >= 0.3 is 0 Å². The minimum Gasteiger partial charge on any atom is -0.306 e. The molecule has 0 atom stereocenters. The van der Waals surface area contributed by atoms with E-state index in [1.165, 1.54) is 16.9 Å². The van der Waals surface area contributed by atoms with Crippen LogP contribution in [0.2, 0.25) is 0 Å². The van der Waals surface area contributed by atoms with Crippen LogP contribution in [0.25, 0.3) is 5.69 Å². The lowest BCUT2D eigenvalue weighted by molar-refractivity contribution is 0.0980. The zero-order chi connectivity index (χ0) is 16.7. The summed E-state index contributed by atoms with van der Waals surface area (Å²) in [5.74, 6) is -0.140. The fourth-order valence-corrected chi connectivity index (χ4v) is 2.99. The van der Waals surface area contributed by atoms with Gasteiger partial charge in [0.1, 0.15) is 5.69 Å². The fraction of sp³-hybridized carbons (Fsp3) is 0.176. The minimum atomic E-state index is -0.140. The van der Waals surface area contributed by atoms with Crippen molar-refractivity contribution in [3.8, 4) is 5.69 Å². The Morgan fingerprint density at radius 2 is 2.08 bits per heavy atom. The van der Waals surface area contributed by atoms with Crippen molar-refractivity contribution < 1.29 is 4.79 Å². The number of carbonyl (C=O) groups is 1. The first-order chi connectivity index (χ1) is 11.6. The van der Waals surface area contributed by atoms with E-state index in [9.17, 15) is 9.59 Å². The number of nitrogens with zero attached hydrogens (tertiary/aromatic N) is 5. The van der Waals surface area contributed by atoms with Gasteiger partial charge in [0.15, 0.2) is 0 Å². The molecule has 0 bridgehead atoms. The largest absolute Gasteiger partial charge is 0.306 e. The number of aryl methyl sites for hydroxylation is 1. The molecule has 3 heterocycles. The molecular formula is C17H15N5O2. The Bertz CT molecular complexity index is 988. The third kappa shape index (κ3) is 2.21. The topological polar surface area (TPSA) is 73.0 Å². The summed E-state index contributed by atoms with van der Waals surface area (Å²) >= 11 is 0. The average Bonchev–Trinajstić information content (AvgIpc) is 3.20. The standard InChI is InChI=1S/C17H15N5O2/c1-20-15(11-18-19-20)17(24)22-9-7-12-5-6-13(10-14(12)22)21-8-3-2-4-16(21)23/h2-6,8,10-11H,7,9H2,1H3. The SMILES string of the molecule is Cn1nncc1C(=O)N1CCc2ccc(-n3ccccc3=O)cc21. The number of pyridine rings is 1. The van der Waals surface area contributed by atoms with Crippen LogP contribution in [-0.2, 0) is 13.5 Å². The number of hydrogen-bond acceptors (Lipinski definition) is 4. The summed E-state index contributed by atoms with van der Waals surface area (Å²) in [6, 6.07) is 10.8. The van der Waals surface area contributed by atoms with Crippen molar-refractivity contribution in [2.75, 3.05) is 11.4 Å². The molecule has 0 aliphatic carbocycles. The van der Waals surface area contributed by atoms with Gasteiger partial charge in [-0.15, -0.1) is 5.10 Å². The van der Waals surface area contributed by atoms with Crippen LogP contribution in [0.1, 0.15) is 16.1 Å². The van der Waals surface area contributed by atoms with Crippen LogP contribution in [-0.4, -0.2) is 32.0 Å². The first-order valence-corrected chi connectivity index (χ1v) is 7.63. The van der Waals surface area contributed by atoms with E-state index in [0.717, 1.165) is 23.4 Å². The second kappa shape index (κ2) is 5.45. The summed E-state index contributed by atoms with van der Waals surface area (Å²) in [6.07, 6.45) is 3.97. The summed E-state index contributed by atoms with van der Waals surface area (Å²) in [5.41, 5.74) is 2.98. The highest BCUT2D eigenvalue weighted by atomic mass is 16.2. The van der Waals surface area contributed by atoms with Gasteiger partial charge in [0, 0.05) is 31.5 Å². The van der Waals surface area contributed by atoms with Crippen LogP contribution in [0.4, 0.5) is 5.69 Å². The smallest absolute Gasteiger partial charge is 0.278 e. The molecule has 7 nitrogen and oxygen atoms in total. The Labute approximate surface area is 137 Å². The first kappa shape index (κ1) is 14.4. The molecule has 0 fully saturated rings. The number of amides is 1. The van der Waals surface area contributed by atoms with E-state index in [1.54, 1.807) is 34.8 Å². The van der Waals surface area contributed by atoms with Crippen molar-refractivity contribution in [2.24, 2.45) is 7.05 Å². The van der Waals surface area contributed by atoms with Crippen molar-refractivity contribution in [3.63, 3.8) is 0 Å². The lowest BCUT2D eigenvalue weighted by Crippen LogP contribution is -2.30. The number of aromatic nitrogens is 4. The van der Waals surface area contributed by atoms with E-state index in [1.807, 2.05) is 18.2 Å². The summed E-state index contributed by atoms with van der Waals surface area (Å²) in [6.45, 7) is 0.604. The Morgan fingerprint density at radius 3 is 2.83 bits per heavy atom. The van der Waals surface area contributed by atoms with Gasteiger partial charge in [-0.3, -0.25) is 14.2 Å². The predicted molar refractivity (Wildman–Crippen MR) is 88.4 cm³/mol. The van der Waals surface area contributed by atoms with Crippen LogP contribution >= 0.6 is 0 Å². The van der Waals surface area contributed by atoms with Gasteiger partial charge in [0.25, 0.3) is 11.5 Å². The molecule has 120 valence electrons. The van der Waals surface area contributed by atoms with Crippen LogP contribution in [0.3, 0.4) is 0 Å². The van der Waals surface area contributed by atoms with E-state index in [4.69, 9.17) is 0 Å². The molecule has 1 amide bonds. The quantitative estimate of drug-likeness (QED) is 0.710. The van der Waals surface area contributed by atoms with Gasteiger partial charge < -0.3 is 4.90 Å². The normalized spacial score (nSPS) is 13.1. The van der Waals surface area contributed by atoms with Crippen LogP contribution in [0, 0.1) is 0 Å². The van der Waals surface area contributed by atoms with Crippen molar-refractivity contribution in [1.29, 1.82) is 0 Å². The lowest BCUT2D eigenvalue weighted by Gasteiger charge is -2.18. The number of fused-ring (bicyclic) bond motifs is 1. The van der Waals surface area contributed by atoms with E-state index in [0.29, 0.717) is 12.2 Å². The molecular weight excluding hydrogens is 306 g/mol. The fourth-order valence-electron chi connectivity index (χ4n) is 2.99. The van der Waals surface area contributed by atoms with E-state index in [-0.39, 0.29) is 11.5 Å². The molecule has 7 heteroatoms. The molecule has 0 spiro atoms. The van der Waals surface area contributed by atoms with Gasteiger partial charge in [0.05, 0.1) is 11.9 Å². The molecule has 2 aromatic heterocycles. The highest BCUT2D eigenvalue weighted by Gasteiger charge is 2.27. The molecule has 1 aliphatic rings. The highest BCUT2D eigenvalue weighted by Crippen LogP contribution is 2.31. The summed E-state index contributed by atoms with van der Waals surface area (Å²) in [4.78, 5) is 26.5. The van der Waals surface area contributed by atoms with Crippen LogP contribution in [0.15, 0.2) is 53.6 Å².